The van der Waals surface area contributed by atoms with Gasteiger partial charge < -0.3 is 0 Å². The zero-order chi connectivity index (χ0) is 9.35. The Kier molecular flexibility index (Phi) is 2.03. The van der Waals surface area contributed by atoms with E-state index in [9.17, 15) is 17.6 Å². The molecule has 0 atom stereocenters. The lowest BCUT2D eigenvalue weighted by Crippen LogP contribution is -2.15. The van der Waals surface area contributed by atoms with E-state index in [0.717, 1.165) is 0 Å². The molecule has 12 heavy (non-hydrogen) atoms. The summed E-state index contributed by atoms with van der Waals surface area (Å²) in [6, 6.07) is 0. The maximum atomic E-state index is 12.4. The fourth-order valence-corrected chi connectivity index (χ4v) is 0.776. The maximum absolute atomic E-state index is 12.4. The molecule has 3 nitrogen and oxygen atoms in total. The van der Waals surface area contributed by atoms with Gasteiger partial charge in [0.15, 0.2) is 5.69 Å². The van der Waals surface area contributed by atoms with E-state index in [1.165, 1.54) is 6.92 Å². The number of alkyl halides is 3. The molecular formula is C5H5F4N3. The van der Waals surface area contributed by atoms with Crippen LogP contribution in [0.25, 0.3) is 0 Å². The van der Waals surface area contributed by atoms with Crippen LogP contribution in [-0.2, 0) is 12.7 Å². The number of hydrogen-bond acceptors (Lipinski definition) is 2. The van der Waals surface area contributed by atoms with Crippen molar-refractivity contribution in [3.8, 4) is 0 Å². The van der Waals surface area contributed by atoms with Gasteiger partial charge in [-0.2, -0.15) is 17.6 Å². The predicted molar refractivity (Wildman–Crippen MR) is 30.7 cm³/mol. The van der Waals surface area contributed by atoms with Gasteiger partial charge in [-0.1, -0.05) is 10.3 Å². The second kappa shape index (κ2) is 2.72. The summed E-state index contributed by atoms with van der Waals surface area (Å²) in [5, 5.41) is 5.65. The Balaban J connectivity index is 3.19. The van der Waals surface area contributed by atoms with Gasteiger partial charge in [-0.25, -0.2) is 4.68 Å². The fourth-order valence-electron chi connectivity index (χ4n) is 0.776. The molecule has 0 radical (unpaired) electrons. The molecule has 0 aromatic carbocycles. The quantitative estimate of drug-likeness (QED) is 0.617. The van der Waals surface area contributed by atoms with Gasteiger partial charge >= 0.3 is 6.18 Å². The van der Waals surface area contributed by atoms with Crippen molar-refractivity contribution in [3.05, 3.63) is 11.6 Å². The van der Waals surface area contributed by atoms with Crippen LogP contribution in [0, 0.1) is 5.95 Å². The Hall–Kier alpha value is -1.14. The lowest BCUT2D eigenvalue weighted by molar-refractivity contribution is -0.146. The zero-order valence-corrected chi connectivity index (χ0v) is 6.06. The van der Waals surface area contributed by atoms with E-state index >= 15 is 0 Å². The van der Waals surface area contributed by atoms with Crippen molar-refractivity contribution in [2.45, 2.75) is 19.6 Å². The highest BCUT2D eigenvalue weighted by molar-refractivity contribution is 5.01. The summed E-state index contributed by atoms with van der Waals surface area (Å²) < 4.78 is 48.8. The molecule has 0 saturated heterocycles. The van der Waals surface area contributed by atoms with Gasteiger partial charge in [-0.15, -0.1) is 0 Å². The summed E-state index contributed by atoms with van der Waals surface area (Å²) in [7, 11) is 0. The van der Waals surface area contributed by atoms with Crippen LogP contribution in [0.3, 0.4) is 0 Å². The van der Waals surface area contributed by atoms with Crippen molar-refractivity contribution in [1.82, 2.24) is 15.0 Å². The summed E-state index contributed by atoms with van der Waals surface area (Å²) >= 11 is 0. The Morgan fingerprint density at radius 1 is 1.42 bits per heavy atom. The minimum Gasteiger partial charge on any atom is -0.238 e. The van der Waals surface area contributed by atoms with Gasteiger partial charge in [0.2, 0.25) is 0 Å². The first-order valence-electron chi connectivity index (χ1n) is 3.13. The van der Waals surface area contributed by atoms with E-state index in [-0.39, 0.29) is 6.54 Å². The first kappa shape index (κ1) is 8.95. The number of halogens is 4. The van der Waals surface area contributed by atoms with E-state index in [2.05, 4.69) is 10.3 Å². The van der Waals surface area contributed by atoms with Crippen LogP contribution < -0.4 is 0 Å². The minimum atomic E-state index is -4.73. The summed E-state index contributed by atoms with van der Waals surface area (Å²) in [6.07, 6.45) is -4.73. The van der Waals surface area contributed by atoms with Crippen LogP contribution in [0.1, 0.15) is 12.6 Å². The fraction of sp³-hybridized carbons (Fsp3) is 0.600. The molecule has 0 spiro atoms. The van der Waals surface area contributed by atoms with E-state index < -0.39 is 17.8 Å². The molecule has 68 valence electrons. The number of hydrogen-bond donors (Lipinski definition) is 0. The van der Waals surface area contributed by atoms with Gasteiger partial charge in [0, 0.05) is 6.54 Å². The van der Waals surface area contributed by atoms with Crippen molar-refractivity contribution < 1.29 is 17.6 Å². The Morgan fingerprint density at radius 2 is 2.00 bits per heavy atom. The Labute approximate surface area is 65.0 Å². The van der Waals surface area contributed by atoms with Crippen molar-refractivity contribution in [2.24, 2.45) is 0 Å². The van der Waals surface area contributed by atoms with Crippen LogP contribution in [0.15, 0.2) is 0 Å². The van der Waals surface area contributed by atoms with E-state index in [0.29, 0.717) is 4.68 Å². The van der Waals surface area contributed by atoms with Gasteiger partial charge in [-0.05, 0) is 6.92 Å². The lowest BCUT2D eigenvalue weighted by Gasteiger charge is -2.05. The normalized spacial score (nSPS) is 12.1. The molecule has 1 aromatic rings. The van der Waals surface area contributed by atoms with Crippen LogP contribution in [0.5, 0.6) is 0 Å². The second-order valence-corrected chi connectivity index (χ2v) is 2.04. The number of aromatic nitrogens is 3. The minimum absolute atomic E-state index is 0.0637. The number of nitrogens with zero attached hydrogens (tertiary/aromatic N) is 3. The molecule has 0 amide bonds. The average Bonchev–Trinajstić information content (AvgIpc) is 2.29. The van der Waals surface area contributed by atoms with Crippen LogP contribution in [0.4, 0.5) is 17.6 Å². The van der Waals surface area contributed by atoms with Crippen molar-refractivity contribution in [2.75, 3.05) is 0 Å². The van der Waals surface area contributed by atoms with E-state index in [1.54, 1.807) is 0 Å². The summed E-state index contributed by atoms with van der Waals surface area (Å²) in [5.74, 6) is -1.58. The standard InChI is InChI=1S/C5H5F4N3/c1-2-12-3(5(7,8)9)4(6)10-11-12/h2H2,1H3. The number of aryl methyl sites for hydroxylation is 1. The third-order valence-corrected chi connectivity index (χ3v) is 1.26. The van der Waals surface area contributed by atoms with Gasteiger partial charge in [-0.3, -0.25) is 0 Å². The maximum Gasteiger partial charge on any atom is 0.437 e. The van der Waals surface area contributed by atoms with Crippen LogP contribution in [-0.4, -0.2) is 15.0 Å². The largest absolute Gasteiger partial charge is 0.437 e. The molecular weight excluding hydrogens is 178 g/mol. The predicted octanol–water partition coefficient (Wildman–Crippen LogP) is 1.46. The molecule has 0 fully saturated rings. The van der Waals surface area contributed by atoms with Crippen molar-refractivity contribution >= 4 is 0 Å². The Bertz CT molecular complexity index is 277. The lowest BCUT2D eigenvalue weighted by atomic mass is 10.4. The monoisotopic (exact) mass is 183 g/mol. The molecule has 1 rings (SSSR count). The second-order valence-electron chi connectivity index (χ2n) is 2.04. The van der Waals surface area contributed by atoms with Crippen molar-refractivity contribution in [3.63, 3.8) is 0 Å². The van der Waals surface area contributed by atoms with Gasteiger partial charge in [0.05, 0.1) is 0 Å². The molecule has 0 aliphatic rings. The number of rotatable bonds is 1. The molecule has 0 saturated carbocycles. The molecule has 0 bridgehead atoms. The van der Waals surface area contributed by atoms with Gasteiger partial charge in [0.25, 0.3) is 5.95 Å². The first-order chi connectivity index (χ1) is 5.46. The smallest absolute Gasteiger partial charge is 0.238 e. The van der Waals surface area contributed by atoms with E-state index in [1.807, 2.05) is 0 Å². The van der Waals surface area contributed by atoms with Crippen LogP contribution >= 0.6 is 0 Å². The summed E-state index contributed by atoms with van der Waals surface area (Å²) in [4.78, 5) is 0. The molecule has 1 heterocycles. The highest BCUT2D eigenvalue weighted by atomic mass is 19.4. The molecule has 0 unspecified atom stereocenters. The van der Waals surface area contributed by atoms with Crippen LogP contribution in [0.2, 0.25) is 0 Å². The Morgan fingerprint density at radius 3 is 2.33 bits per heavy atom. The van der Waals surface area contributed by atoms with Crippen molar-refractivity contribution in [1.29, 1.82) is 0 Å². The average molecular weight is 183 g/mol. The molecule has 0 N–H and O–H groups in total. The molecule has 7 heteroatoms. The molecule has 0 aliphatic heterocycles. The topological polar surface area (TPSA) is 30.7 Å². The molecule has 1 aromatic heterocycles. The zero-order valence-electron chi connectivity index (χ0n) is 6.06. The summed E-state index contributed by atoms with van der Waals surface area (Å²) in [5.41, 5.74) is -1.43. The first-order valence-corrected chi connectivity index (χ1v) is 3.13. The third-order valence-electron chi connectivity index (χ3n) is 1.26. The molecule has 0 aliphatic carbocycles. The summed E-state index contributed by atoms with van der Waals surface area (Å²) in [6.45, 7) is 1.36. The highest BCUT2D eigenvalue weighted by Gasteiger charge is 2.39. The van der Waals surface area contributed by atoms with E-state index in [4.69, 9.17) is 0 Å². The SMILES string of the molecule is CCn1nnc(F)c1C(F)(F)F. The van der Waals surface area contributed by atoms with Gasteiger partial charge in [0.1, 0.15) is 0 Å². The third kappa shape index (κ3) is 1.39. The highest BCUT2D eigenvalue weighted by Crippen LogP contribution is 2.29.